The van der Waals surface area contributed by atoms with Crippen LogP contribution in [0.1, 0.15) is 39.5 Å². The van der Waals surface area contributed by atoms with Crippen molar-refractivity contribution in [1.82, 2.24) is 30.3 Å². The molecule has 0 unspecified atom stereocenters. The van der Waals surface area contributed by atoms with Gasteiger partial charge in [-0.15, -0.1) is 5.10 Å². The molecule has 0 bridgehead atoms. The van der Waals surface area contributed by atoms with Gasteiger partial charge in [0, 0.05) is 30.9 Å². The number of nitrogens with zero attached hydrogens (tertiary/aromatic N) is 5. The second kappa shape index (κ2) is 10.7. The second-order valence-corrected chi connectivity index (χ2v) is 7.26. The van der Waals surface area contributed by atoms with Gasteiger partial charge in [-0.1, -0.05) is 25.5 Å². The number of unbranched alkanes of at least 4 members (excludes halogenated alkanes) is 2. The van der Waals surface area contributed by atoms with Crippen LogP contribution in [0.2, 0.25) is 0 Å². The lowest BCUT2D eigenvalue weighted by Crippen LogP contribution is -2.47. The Morgan fingerprint density at radius 1 is 1.25 bits per heavy atom. The number of aromatic nitrogens is 5. The summed E-state index contributed by atoms with van der Waals surface area (Å²) < 4.78 is 10.6. The van der Waals surface area contributed by atoms with Crippen LogP contribution in [-0.2, 0) is 16.1 Å². The van der Waals surface area contributed by atoms with E-state index >= 15 is 0 Å². The van der Waals surface area contributed by atoms with Crippen LogP contribution in [0.15, 0.2) is 23.7 Å². The first-order valence-corrected chi connectivity index (χ1v) is 9.80. The Balaban J connectivity index is 1.70. The van der Waals surface area contributed by atoms with Crippen molar-refractivity contribution in [2.75, 3.05) is 0 Å². The zero-order valence-corrected chi connectivity index (χ0v) is 16.7. The average molecular weight is 408 g/mol. The zero-order chi connectivity index (χ0) is 20.5. The fourth-order valence-corrected chi connectivity index (χ4v) is 2.78. The number of nitrogens with two attached hydrogens (primary N) is 1. The number of carbonyl (C=O) groups is 2. The topological polar surface area (TPSA) is 149 Å². The minimum absolute atomic E-state index is 0.0352. The predicted molar refractivity (Wildman–Crippen MR) is 104 cm³/mol. The monoisotopic (exact) mass is 407 g/mol. The molecule has 2 rings (SSSR count). The predicted octanol–water partition coefficient (Wildman–Crippen LogP) is 1.49. The number of hydrogen-bond acceptors (Lipinski definition) is 8. The standard InChI is InChI=1S/C17H25N7O3S/c1-11(2)15(16(18)26)21-14(25)6-4-3-5-7-24-10-13(22-23-24)12-8-19-17(28-27)20-9-12/h8-11,15,27H,3-7H2,1-2H3,(H2,18,26)(H,21,25)/t15-/m0/s1. The Hall–Kier alpha value is -2.53. The highest BCUT2D eigenvalue weighted by Crippen LogP contribution is 2.16. The van der Waals surface area contributed by atoms with Crippen molar-refractivity contribution in [2.45, 2.75) is 57.3 Å². The molecule has 0 spiro atoms. The van der Waals surface area contributed by atoms with E-state index < -0.39 is 11.9 Å². The molecule has 0 aliphatic heterocycles. The van der Waals surface area contributed by atoms with E-state index in [0.29, 0.717) is 37.1 Å². The van der Waals surface area contributed by atoms with Crippen molar-refractivity contribution in [3.05, 3.63) is 18.6 Å². The summed E-state index contributed by atoms with van der Waals surface area (Å²) in [5.74, 6) is -0.711. The van der Waals surface area contributed by atoms with Crippen molar-refractivity contribution in [2.24, 2.45) is 11.7 Å². The molecule has 28 heavy (non-hydrogen) atoms. The third-order valence-electron chi connectivity index (χ3n) is 4.12. The van der Waals surface area contributed by atoms with E-state index in [-0.39, 0.29) is 17.0 Å². The van der Waals surface area contributed by atoms with E-state index in [4.69, 9.17) is 10.3 Å². The van der Waals surface area contributed by atoms with E-state index in [0.717, 1.165) is 18.4 Å². The molecule has 2 heterocycles. The Kier molecular flexibility index (Phi) is 8.33. The first-order chi connectivity index (χ1) is 13.4. The maximum atomic E-state index is 11.9. The third-order valence-corrected chi connectivity index (χ3v) is 4.50. The van der Waals surface area contributed by atoms with Gasteiger partial charge in [0.25, 0.3) is 0 Å². The first kappa shape index (κ1) is 21.8. The number of nitrogens with one attached hydrogen (secondary N) is 1. The van der Waals surface area contributed by atoms with Crippen molar-refractivity contribution in [3.63, 3.8) is 0 Å². The minimum atomic E-state index is -0.630. The summed E-state index contributed by atoms with van der Waals surface area (Å²) >= 11 is 0.487. The molecule has 1 atom stereocenters. The SMILES string of the molecule is CC(C)[C@H](NC(=O)CCCCCn1cc(-c2cnc(SO)nc2)nn1)C(N)=O. The molecular formula is C17H25N7O3S. The third kappa shape index (κ3) is 6.57. The van der Waals surface area contributed by atoms with Crippen LogP contribution in [0, 0.1) is 5.92 Å². The molecule has 2 amide bonds. The Morgan fingerprint density at radius 3 is 2.57 bits per heavy atom. The largest absolute Gasteiger partial charge is 0.368 e. The molecule has 0 saturated carbocycles. The minimum Gasteiger partial charge on any atom is -0.368 e. The molecule has 2 aromatic rings. The molecule has 0 aromatic carbocycles. The van der Waals surface area contributed by atoms with Crippen LogP contribution in [-0.4, -0.2) is 47.4 Å². The fourth-order valence-electron chi connectivity index (χ4n) is 2.58. The Bertz CT molecular complexity index is 779. The fraction of sp³-hybridized carbons (Fsp3) is 0.529. The highest BCUT2D eigenvalue weighted by molar-refractivity contribution is 7.93. The van der Waals surface area contributed by atoms with E-state index in [2.05, 4.69) is 25.6 Å². The van der Waals surface area contributed by atoms with Crippen LogP contribution in [0.25, 0.3) is 11.3 Å². The van der Waals surface area contributed by atoms with Gasteiger partial charge in [0.1, 0.15) is 11.7 Å². The van der Waals surface area contributed by atoms with Crippen LogP contribution in [0.3, 0.4) is 0 Å². The second-order valence-electron chi connectivity index (χ2n) is 6.71. The summed E-state index contributed by atoms with van der Waals surface area (Å²) in [4.78, 5) is 31.2. The van der Waals surface area contributed by atoms with Gasteiger partial charge in [0.05, 0.1) is 18.2 Å². The lowest BCUT2D eigenvalue weighted by molar-refractivity contribution is -0.128. The van der Waals surface area contributed by atoms with Gasteiger partial charge in [0.15, 0.2) is 0 Å². The van der Waals surface area contributed by atoms with Gasteiger partial charge < -0.3 is 15.6 Å². The van der Waals surface area contributed by atoms with E-state index in [9.17, 15) is 9.59 Å². The summed E-state index contributed by atoms with van der Waals surface area (Å²) in [5, 5.41) is 11.1. The lowest BCUT2D eigenvalue weighted by atomic mass is 10.0. The van der Waals surface area contributed by atoms with Crippen molar-refractivity contribution in [1.29, 1.82) is 0 Å². The van der Waals surface area contributed by atoms with Gasteiger partial charge in [-0.05, 0) is 18.8 Å². The normalized spacial score (nSPS) is 12.1. The Labute approximate surface area is 167 Å². The Morgan fingerprint density at radius 2 is 1.96 bits per heavy atom. The molecule has 11 heteroatoms. The quantitative estimate of drug-likeness (QED) is 0.288. The summed E-state index contributed by atoms with van der Waals surface area (Å²) in [6.45, 7) is 4.36. The zero-order valence-electron chi connectivity index (χ0n) is 15.9. The number of carbonyl (C=O) groups excluding carboxylic acids is 2. The van der Waals surface area contributed by atoms with Gasteiger partial charge in [-0.25, -0.2) is 9.97 Å². The van der Waals surface area contributed by atoms with Crippen molar-refractivity contribution >= 4 is 23.9 Å². The van der Waals surface area contributed by atoms with Crippen LogP contribution < -0.4 is 11.1 Å². The summed E-state index contributed by atoms with van der Waals surface area (Å²) in [6.07, 6.45) is 7.71. The highest BCUT2D eigenvalue weighted by atomic mass is 32.2. The van der Waals surface area contributed by atoms with Gasteiger partial charge in [-0.3, -0.25) is 14.3 Å². The highest BCUT2D eigenvalue weighted by Gasteiger charge is 2.21. The number of primary amides is 1. The molecule has 0 radical (unpaired) electrons. The molecule has 2 aromatic heterocycles. The van der Waals surface area contributed by atoms with E-state index in [1.54, 1.807) is 23.3 Å². The molecule has 0 aliphatic rings. The molecule has 0 aliphatic carbocycles. The van der Waals surface area contributed by atoms with Gasteiger partial charge >= 0.3 is 0 Å². The summed E-state index contributed by atoms with van der Waals surface area (Å²) in [6, 6.07) is -0.630. The molecule has 4 N–H and O–H groups in total. The smallest absolute Gasteiger partial charge is 0.240 e. The van der Waals surface area contributed by atoms with E-state index in [1.165, 1.54) is 0 Å². The van der Waals surface area contributed by atoms with Crippen LogP contribution in [0.5, 0.6) is 0 Å². The molecule has 0 saturated heterocycles. The maximum absolute atomic E-state index is 11.9. The van der Waals surface area contributed by atoms with Gasteiger partial charge in [0.2, 0.25) is 17.0 Å². The number of aryl methyl sites for hydroxylation is 1. The molecular weight excluding hydrogens is 382 g/mol. The number of rotatable bonds is 11. The molecule has 10 nitrogen and oxygen atoms in total. The van der Waals surface area contributed by atoms with Crippen LogP contribution in [0.4, 0.5) is 0 Å². The summed E-state index contributed by atoms with van der Waals surface area (Å²) in [5.41, 5.74) is 6.67. The summed E-state index contributed by atoms with van der Waals surface area (Å²) in [7, 11) is 0. The number of hydrogen-bond donors (Lipinski definition) is 3. The molecule has 152 valence electrons. The van der Waals surface area contributed by atoms with E-state index in [1.807, 2.05) is 13.8 Å². The average Bonchev–Trinajstić information content (AvgIpc) is 3.14. The van der Waals surface area contributed by atoms with Crippen molar-refractivity contribution in [3.8, 4) is 11.3 Å². The lowest BCUT2D eigenvalue weighted by Gasteiger charge is -2.18. The first-order valence-electron chi connectivity index (χ1n) is 9.03. The van der Waals surface area contributed by atoms with Gasteiger partial charge in [-0.2, -0.15) is 0 Å². The van der Waals surface area contributed by atoms with Crippen LogP contribution >= 0.6 is 12.0 Å². The maximum Gasteiger partial charge on any atom is 0.240 e. The van der Waals surface area contributed by atoms with Crippen molar-refractivity contribution < 1.29 is 14.1 Å². The molecule has 0 fully saturated rings. The number of amides is 2.